The lowest BCUT2D eigenvalue weighted by Crippen LogP contribution is -2.16. The molecular formula is C16H24BrNO2. The number of hydrogen-bond acceptors (Lipinski definition) is 3. The van der Waals surface area contributed by atoms with Gasteiger partial charge in [0.05, 0.1) is 0 Å². The van der Waals surface area contributed by atoms with Gasteiger partial charge in [0, 0.05) is 16.5 Å². The Morgan fingerprint density at radius 3 is 2.60 bits per heavy atom. The summed E-state index contributed by atoms with van der Waals surface area (Å²) in [5.74, 6) is 0.911. The molecule has 0 amide bonds. The van der Waals surface area contributed by atoms with Gasteiger partial charge in [-0.05, 0) is 37.3 Å². The van der Waals surface area contributed by atoms with Gasteiger partial charge in [0.1, 0.15) is 6.61 Å². The molecule has 1 atom stereocenters. The fourth-order valence-electron chi connectivity index (χ4n) is 2.17. The van der Waals surface area contributed by atoms with E-state index in [1.54, 1.807) is 0 Å². The largest absolute Gasteiger partial charge is 0.461 e. The highest BCUT2D eigenvalue weighted by Crippen LogP contribution is 2.21. The quantitative estimate of drug-likeness (QED) is 0.729. The molecule has 1 rings (SSSR count). The minimum atomic E-state index is -0.136. The molecule has 0 radical (unpaired) electrons. The number of esters is 1. The van der Waals surface area contributed by atoms with E-state index in [9.17, 15) is 4.79 Å². The Labute approximate surface area is 130 Å². The summed E-state index contributed by atoms with van der Waals surface area (Å²) in [6, 6.07) is 7.77. The normalized spacial score (nSPS) is 12.4. The van der Waals surface area contributed by atoms with Crippen molar-refractivity contribution in [3.8, 4) is 0 Å². The first-order valence-corrected chi connectivity index (χ1v) is 7.93. The molecule has 0 aliphatic heterocycles. The van der Waals surface area contributed by atoms with Crippen LogP contribution in [0.3, 0.4) is 0 Å². The van der Waals surface area contributed by atoms with Crippen LogP contribution in [0.25, 0.3) is 0 Å². The summed E-state index contributed by atoms with van der Waals surface area (Å²) in [4.78, 5) is 11.8. The first-order valence-electron chi connectivity index (χ1n) is 7.13. The van der Waals surface area contributed by atoms with Crippen LogP contribution in [0.5, 0.6) is 0 Å². The van der Waals surface area contributed by atoms with E-state index in [0.717, 1.165) is 22.9 Å². The van der Waals surface area contributed by atoms with Crippen molar-refractivity contribution in [3.63, 3.8) is 0 Å². The van der Waals surface area contributed by atoms with Gasteiger partial charge in [-0.3, -0.25) is 4.79 Å². The van der Waals surface area contributed by atoms with Crippen LogP contribution in [-0.2, 0) is 16.1 Å². The Bertz CT molecular complexity index is 421. The van der Waals surface area contributed by atoms with Gasteiger partial charge in [0.2, 0.25) is 0 Å². The highest BCUT2D eigenvalue weighted by Gasteiger charge is 2.15. The lowest BCUT2D eigenvalue weighted by atomic mass is 9.88. The van der Waals surface area contributed by atoms with E-state index in [-0.39, 0.29) is 5.97 Å². The van der Waals surface area contributed by atoms with E-state index in [2.05, 4.69) is 29.8 Å². The van der Waals surface area contributed by atoms with Crippen molar-refractivity contribution >= 4 is 21.9 Å². The van der Waals surface area contributed by atoms with Crippen LogP contribution in [0, 0.1) is 11.8 Å². The summed E-state index contributed by atoms with van der Waals surface area (Å²) in [7, 11) is 0. The zero-order valence-corrected chi connectivity index (χ0v) is 13.9. The van der Waals surface area contributed by atoms with Crippen molar-refractivity contribution in [3.05, 3.63) is 34.3 Å². The minimum Gasteiger partial charge on any atom is -0.461 e. The van der Waals surface area contributed by atoms with E-state index in [0.29, 0.717) is 31.4 Å². The molecule has 0 bridgehead atoms. The van der Waals surface area contributed by atoms with Gasteiger partial charge in [-0.25, -0.2) is 0 Å². The van der Waals surface area contributed by atoms with Crippen LogP contribution in [0.15, 0.2) is 28.7 Å². The third-order valence-electron chi connectivity index (χ3n) is 3.55. The number of halogens is 1. The van der Waals surface area contributed by atoms with E-state index < -0.39 is 0 Å². The van der Waals surface area contributed by atoms with Gasteiger partial charge in [-0.1, -0.05) is 48.0 Å². The second-order valence-corrected chi connectivity index (χ2v) is 6.23. The Morgan fingerprint density at radius 1 is 1.30 bits per heavy atom. The van der Waals surface area contributed by atoms with Gasteiger partial charge in [0.25, 0.3) is 0 Å². The molecule has 0 fully saturated rings. The smallest absolute Gasteiger partial charge is 0.306 e. The number of ether oxygens (including phenoxy) is 1. The van der Waals surface area contributed by atoms with Crippen LogP contribution >= 0.6 is 15.9 Å². The summed E-state index contributed by atoms with van der Waals surface area (Å²) in [5.41, 5.74) is 6.59. The van der Waals surface area contributed by atoms with Crippen molar-refractivity contribution in [2.45, 2.75) is 39.7 Å². The molecule has 0 saturated carbocycles. The van der Waals surface area contributed by atoms with E-state index in [1.807, 2.05) is 24.3 Å². The number of nitrogens with two attached hydrogens (primary N) is 1. The Kier molecular flexibility index (Phi) is 7.85. The zero-order valence-electron chi connectivity index (χ0n) is 12.3. The summed E-state index contributed by atoms with van der Waals surface area (Å²) < 4.78 is 6.29. The number of carbonyl (C=O) groups is 1. The maximum atomic E-state index is 11.8. The van der Waals surface area contributed by atoms with Crippen molar-refractivity contribution in [1.82, 2.24) is 0 Å². The molecule has 3 nitrogen and oxygen atoms in total. The summed E-state index contributed by atoms with van der Waals surface area (Å²) in [6.45, 7) is 5.35. The lowest BCUT2D eigenvalue weighted by Gasteiger charge is -2.19. The molecule has 0 heterocycles. The molecule has 0 aliphatic rings. The van der Waals surface area contributed by atoms with Crippen LogP contribution in [0.1, 0.15) is 38.7 Å². The molecule has 0 aromatic heterocycles. The fraction of sp³-hybridized carbons (Fsp3) is 0.562. The van der Waals surface area contributed by atoms with Gasteiger partial charge < -0.3 is 10.5 Å². The average molecular weight is 342 g/mol. The van der Waals surface area contributed by atoms with E-state index in [1.165, 1.54) is 0 Å². The minimum absolute atomic E-state index is 0.136. The maximum absolute atomic E-state index is 11.8. The third-order valence-corrected chi connectivity index (χ3v) is 4.32. The summed E-state index contributed by atoms with van der Waals surface area (Å²) in [5, 5.41) is 0. The Morgan fingerprint density at radius 2 is 2.00 bits per heavy atom. The van der Waals surface area contributed by atoms with Crippen molar-refractivity contribution in [1.29, 1.82) is 0 Å². The second-order valence-electron chi connectivity index (χ2n) is 5.37. The topological polar surface area (TPSA) is 52.3 Å². The van der Waals surface area contributed by atoms with Gasteiger partial charge in [-0.2, -0.15) is 0 Å². The third kappa shape index (κ3) is 6.06. The lowest BCUT2D eigenvalue weighted by molar-refractivity contribution is -0.145. The first-order chi connectivity index (χ1) is 9.54. The Hall–Kier alpha value is -0.870. The summed E-state index contributed by atoms with van der Waals surface area (Å²) >= 11 is 3.44. The van der Waals surface area contributed by atoms with Gasteiger partial charge in [-0.15, -0.1) is 0 Å². The molecule has 0 spiro atoms. The highest BCUT2D eigenvalue weighted by molar-refractivity contribution is 9.10. The predicted molar refractivity (Wildman–Crippen MR) is 85.2 cm³/mol. The number of benzene rings is 1. The van der Waals surface area contributed by atoms with E-state index in [4.69, 9.17) is 10.5 Å². The molecule has 1 aromatic carbocycles. The van der Waals surface area contributed by atoms with Crippen molar-refractivity contribution in [2.75, 3.05) is 6.54 Å². The number of hydrogen-bond donors (Lipinski definition) is 1. The number of rotatable bonds is 8. The molecular weight excluding hydrogens is 318 g/mol. The van der Waals surface area contributed by atoms with Gasteiger partial charge >= 0.3 is 5.97 Å². The molecule has 4 heteroatoms. The Balaban J connectivity index is 2.35. The van der Waals surface area contributed by atoms with Crippen LogP contribution in [0.2, 0.25) is 0 Å². The monoisotopic (exact) mass is 341 g/mol. The standard InChI is InChI=1S/C16H24BrNO2/c1-12(2)13(9-10-18)7-8-16(19)20-11-14-5-3-4-6-15(14)17/h3-6,12-13H,7-11,18H2,1-2H3. The molecule has 112 valence electrons. The molecule has 0 aliphatic carbocycles. The molecule has 20 heavy (non-hydrogen) atoms. The molecule has 1 unspecified atom stereocenters. The van der Waals surface area contributed by atoms with Crippen molar-refractivity contribution < 1.29 is 9.53 Å². The van der Waals surface area contributed by atoms with Gasteiger partial charge in [0.15, 0.2) is 0 Å². The zero-order chi connectivity index (χ0) is 15.0. The van der Waals surface area contributed by atoms with Crippen molar-refractivity contribution in [2.24, 2.45) is 17.6 Å². The van der Waals surface area contributed by atoms with Crippen LogP contribution < -0.4 is 5.73 Å². The fourth-order valence-corrected chi connectivity index (χ4v) is 2.57. The first kappa shape index (κ1) is 17.2. The van der Waals surface area contributed by atoms with E-state index >= 15 is 0 Å². The average Bonchev–Trinajstić information content (AvgIpc) is 2.42. The molecule has 0 saturated heterocycles. The van der Waals surface area contributed by atoms with Crippen LogP contribution in [-0.4, -0.2) is 12.5 Å². The SMILES string of the molecule is CC(C)C(CCN)CCC(=O)OCc1ccccc1Br. The summed E-state index contributed by atoms with van der Waals surface area (Å²) in [6.07, 6.45) is 2.28. The molecule has 1 aromatic rings. The second kappa shape index (κ2) is 9.14. The predicted octanol–water partition coefficient (Wildman–Crippen LogP) is 3.89. The molecule has 2 N–H and O–H groups in total. The van der Waals surface area contributed by atoms with Crippen LogP contribution in [0.4, 0.5) is 0 Å². The highest BCUT2D eigenvalue weighted by atomic mass is 79.9. The maximum Gasteiger partial charge on any atom is 0.306 e. The number of carbonyl (C=O) groups excluding carboxylic acids is 1.